The highest BCUT2D eigenvalue weighted by Crippen LogP contribution is 2.33. The molecule has 0 amide bonds. The van der Waals surface area contributed by atoms with Gasteiger partial charge in [-0.25, -0.2) is 4.39 Å². The van der Waals surface area contributed by atoms with Crippen molar-refractivity contribution in [2.45, 2.75) is 24.8 Å². The fourth-order valence-corrected chi connectivity index (χ4v) is 1.18. The van der Waals surface area contributed by atoms with Crippen LogP contribution in [0.5, 0.6) is 0 Å². The molecule has 12 heavy (non-hydrogen) atoms. The Bertz CT molecular complexity index is 207. The van der Waals surface area contributed by atoms with Gasteiger partial charge in [0.05, 0.1) is 0 Å². The van der Waals surface area contributed by atoms with Gasteiger partial charge in [-0.15, -0.1) is 0 Å². The van der Waals surface area contributed by atoms with E-state index in [9.17, 15) is 17.6 Å². The maximum Gasteiger partial charge on any atom is 0.415 e. The van der Waals surface area contributed by atoms with Gasteiger partial charge in [-0.2, -0.15) is 24.7 Å². The van der Waals surface area contributed by atoms with Crippen molar-refractivity contribution in [2.24, 2.45) is 0 Å². The average molecular weight is 182 g/mol. The van der Waals surface area contributed by atoms with E-state index >= 15 is 0 Å². The third-order valence-electron chi connectivity index (χ3n) is 1.73. The van der Waals surface area contributed by atoms with Crippen LogP contribution < -0.4 is 0 Å². The monoisotopic (exact) mass is 182 g/mol. The van der Waals surface area contributed by atoms with E-state index in [0.717, 1.165) is 0 Å². The zero-order valence-corrected chi connectivity index (χ0v) is 5.98. The number of nitrogens with zero attached hydrogens (tertiary/aromatic N) is 2. The van der Waals surface area contributed by atoms with Crippen molar-refractivity contribution in [3.05, 3.63) is 11.5 Å². The van der Waals surface area contributed by atoms with Gasteiger partial charge in [-0.05, 0) is 0 Å². The van der Waals surface area contributed by atoms with E-state index in [-0.39, 0.29) is 0 Å². The first-order valence-corrected chi connectivity index (χ1v) is 3.30. The van der Waals surface area contributed by atoms with Crippen molar-refractivity contribution < 1.29 is 17.6 Å². The van der Waals surface area contributed by atoms with Crippen molar-refractivity contribution >= 4 is 0 Å². The van der Waals surface area contributed by atoms with Gasteiger partial charge in [0.1, 0.15) is 12.7 Å². The minimum atomic E-state index is -4.49. The van der Waals surface area contributed by atoms with Crippen LogP contribution in [0.4, 0.5) is 17.6 Å². The Balaban J connectivity index is 2.72. The van der Waals surface area contributed by atoms with Gasteiger partial charge in [0.15, 0.2) is 6.04 Å². The summed E-state index contributed by atoms with van der Waals surface area (Å²) in [4.78, 5) is 2.61. The molecule has 0 aromatic heterocycles. The molecule has 2 atom stereocenters. The molecule has 1 unspecified atom stereocenters. The Labute approximate surface area is 66.6 Å². The second-order valence-corrected chi connectivity index (χ2v) is 2.61. The third-order valence-corrected chi connectivity index (χ3v) is 1.73. The Kier molecular flexibility index (Phi) is 2.13. The van der Waals surface area contributed by atoms with Crippen molar-refractivity contribution in [2.75, 3.05) is 6.54 Å². The molecule has 1 aliphatic rings. The molecule has 0 N–H and O–H groups in total. The van der Waals surface area contributed by atoms with E-state index in [1.165, 1.54) is 0 Å². The maximum absolute atomic E-state index is 12.5. The lowest BCUT2D eigenvalue weighted by molar-refractivity contribution is -0.170. The predicted octanol–water partition coefficient (Wildman–Crippen LogP) is 1.80. The largest absolute Gasteiger partial charge is 0.415 e. The van der Waals surface area contributed by atoms with Gasteiger partial charge < -0.3 is 0 Å². The fourth-order valence-electron chi connectivity index (χ4n) is 1.18. The molecule has 0 aromatic carbocycles. The minimum Gasteiger partial charge on any atom is -0.245 e. The van der Waals surface area contributed by atoms with E-state index < -0.39 is 31.4 Å². The molecule has 0 aliphatic carbocycles. The van der Waals surface area contributed by atoms with Crippen LogP contribution in [0.3, 0.4) is 0 Å². The zero-order valence-electron chi connectivity index (χ0n) is 5.98. The number of alkyl halides is 4. The smallest absolute Gasteiger partial charge is 0.245 e. The highest BCUT2D eigenvalue weighted by atomic mass is 19.4. The second-order valence-electron chi connectivity index (χ2n) is 2.61. The molecule has 0 bridgehead atoms. The number of rotatable bonds is 0. The van der Waals surface area contributed by atoms with Gasteiger partial charge in [-0.3, -0.25) is 0 Å². The summed E-state index contributed by atoms with van der Waals surface area (Å²) < 4.78 is 48.5. The van der Waals surface area contributed by atoms with Crippen molar-refractivity contribution in [3.63, 3.8) is 0 Å². The normalized spacial score (nSPS) is 30.4. The zero-order chi connectivity index (χ0) is 9.35. The van der Waals surface area contributed by atoms with E-state index in [1.54, 1.807) is 0 Å². The van der Waals surface area contributed by atoms with E-state index in [4.69, 9.17) is 6.57 Å². The van der Waals surface area contributed by atoms with Crippen molar-refractivity contribution in [1.29, 1.82) is 0 Å². The standard InChI is InChI=1S/C6H6F4N2/c1-11-12-3-4(7)2-5(12)6(8,9)10/h4-5H,2-3H2/t4?,5-/m0/s1. The Morgan fingerprint density at radius 3 is 2.33 bits per heavy atom. The summed E-state index contributed by atoms with van der Waals surface area (Å²) in [6.45, 7) is 5.95. The summed E-state index contributed by atoms with van der Waals surface area (Å²) >= 11 is 0. The Morgan fingerprint density at radius 1 is 1.42 bits per heavy atom. The van der Waals surface area contributed by atoms with Crippen molar-refractivity contribution in [1.82, 2.24) is 5.01 Å². The van der Waals surface area contributed by atoms with Crippen LogP contribution in [0.15, 0.2) is 0 Å². The molecular weight excluding hydrogens is 176 g/mol. The molecule has 1 heterocycles. The van der Waals surface area contributed by atoms with Crippen LogP contribution >= 0.6 is 0 Å². The lowest BCUT2D eigenvalue weighted by Gasteiger charge is -2.15. The second kappa shape index (κ2) is 2.81. The molecule has 0 spiro atoms. The lowest BCUT2D eigenvalue weighted by Crippen LogP contribution is -2.37. The van der Waals surface area contributed by atoms with Crippen LogP contribution in [0, 0.1) is 6.57 Å². The van der Waals surface area contributed by atoms with Crippen LogP contribution in [0.25, 0.3) is 4.95 Å². The highest BCUT2D eigenvalue weighted by molar-refractivity contribution is 4.91. The van der Waals surface area contributed by atoms with Crippen molar-refractivity contribution in [3.8, 4) is 0 Å². The molecular formula is C6H6F4N2. The van der Waals surface area contributed by atoms with Gasteiger partial charge in [0.2, 0.25) is 0 Å². The highest BCUT2D eigenvalue weighted by Gasteiger charge is 2.52. The molecule has 1 rings (SSSR count). The molecule has 2 nitrogen and oxygen atoms in total. The first-order valence-electron chi connectivity index (χ1n) is 3.30. The molecule has 1 aliphatic heterocycles. The lowest BCUT2D eigenvalue weighted by atomic mass is 10.2. The Morgan fingerprint density at radius 2 is 2.00 bits per heavy atom. The SMILES string of the molecule is [C-]#[N+]N1CC(F)C[C@H]1C(F)(F)F. The quantitative estimate of drug-likeness (QED) is 0.409. The van der Waals surface area contributed by atoms with Crippen LogP contribution in [-0.4, -0.2) is 29.9 Å². The van der Waals surface area contributed by atoms with E-state index in [0.29, 0.717) is 5.01 Å². The topological polar surface area (TPSA) is 7.60 Å². The maximum atomic E-state index is 12.5. The number of halogens is 4. The number of hydrogen-bond acceptors (Lipinski definition) is 1. The van der Waals surface area contributed by atoms with Crippen LogP contribution in [-0.2, 0) is 0 Å². The molecule has 68 valence electrons. The summed E-state index contributed by atoms with van der Waals surface area (Å²) in [6.07, 6.45) is -6.65. The number of hydrogen-bond donors (Lipinski definition) is 0. The Hall–Kier alpha value is -0.990. The molecule has 1 saturated heterocycles. The third kappa shape index (κ3) is 1.60. The first kappa shape index (κ1) is 9.10. The van der Waals surface area contributed by atoms with Gasteiger partial charge >= 0.3 is 6.18 Å². The minimum absolute atomic E-state index is 0.421. The van der Waals surface area contributed by atoms with E-state index in [2.05, 4.69) is 4.95 Å². The van der Waals surface area contributed by atoms with E-state index in [1.807, 2.05) is 0 Å². The first-order chi connectivity index (χ1) is 5.45. The van der Waals surface area contributed by atoms with Gasteiger partial charge in [0, 0.05) is 6.42 Å². The molecule has 0 radical (unpaired) electrons. The molecule has 0 saturated carbocycles. The fraction of sp³-hybridized carbons (Fsp3) is 0.833. The summed E-state index contributed by atoms with van der Waals surface area (Å²) in [6, 6.07) is -1.93. The predicted molar refractivity (Wildman–Crippen MR) is 32.7 cm³/mol. The average Bonchev–Trinajstić information content (AvgIpc) is 2.29. The molecule has 0 aromatic rings. The molecule has 6 heteroatoms. The molecule has 1 fully saturated rings. The van der Waals surface area contributed by atoms with Crippen LogP contribution in [0.2, 0.25) is 0 Å². The summed E-state index contributed by atoms with van der Waals surface area (Å²) in [7, 11) is 0. The van der Waals surface area contributed by atoms with Gasteiger partial charge in [-0.1, -0.05) is 5.01 Å². The van der Waals surface area contributed by atoms with Gasteiger partial charge in [0.25, 0.3) is 0 Å². The summed E-state index contributed by atoms with van der Waals surface area (Å²) in [5.41, 5.74) is 0. The van der Waals surface area contributed by atoms with Crippen LogP contribution in [0.1, 0.15) is 6.42 Å². The summed E-state index contributed by atoms with van der Waals surface area (Å²) in [5, 5.41) is 0.421. The summed E-state index contributed by atoms with van der Waals surface area (Å²) in [5.74, 6) is 0.